The first-order valence-corrected chi connectivity index (χ1v) is 8.61. The van der Waals surface area contributed by atoms with Gasteiger partial charge in [0.25, 0.3) is 5.91 Å². The van der Waals surface area contributed by atoms with Gasteiger partial charge in [-0.2, -0.15) is 4.37 Å². The van der Waals surface area contributed by atoms with Gasteiger partial charge in [-0.05, 0) is 43.1 Å². The molecule has 0 fully saturated rings. The first-order chi connectivity index (χ1) is 12.8. The van der Waals surface area contributed by atoms with Gasteiger partial charge in [0.1, 0.15) is 0 Å². The summed E-state index contributed by atoms with van der Waals surface area (Å²) in [5.74, 6) is -0.165. The second-order valence-corrected chi connectivity index (χ2v) is 6.47. The topological polar surface area (TPSA) is 86.2 Å². The van der Waals surface area contributed by atoms with E-state index in [0.717, 1.165) is 0 Å². The summed E-state index contributed by atoms with van der Waals surface area (Å²) in [4.78, 5) is 20.6. The van der Waals surface area contributed by atoms with Crippen molar-refractivity contribution in [3.05, 3.63) is 46.7 Å². The minimum Gasteiger partial charge on any atom is -0.395 e. The highest BCUT2D eigenvalue weighted by Gasteiger charge is 2.43. The van der Waals surface area contributed by atoms with Crippen LogP contribution < -0.4 is 14.8 Å². The normalized spacial score (nSPS) is 14.2. The molecule has 1 amide bonds. The summed E-state index contributed by atoms with van der Waals surface area (Å²) in [6, 6.07) is 2.88. The zero-order chi connectivity index (χ0) is 19.2. The molecule has 0 unspecified atom stereocenters. The van der Waals surface area contributed by atoms with Crippen molar-refractivity contribution in [3.63, 3.8) is 0 Å². The quantitative estimate of drug-likeness (QED) is 0.732. The molecule has 1 N–H and O–H groups in total. The summed E-state index contributed by atoms with van der Waals surface area (Å²) in [5, 5.41) is 4.29. The van der Waals surface area contributed by atoms with Crippen molar-refractivity contribution in [1.82, 2.24) is 14.3 Å². The molecule has 3 heterocycles. The Hall–Kier alpha value is -3.14. The summed E-state index contributed by atoms with van der Waals surface area (Å²) >= 11 is 1.19. The highest BCUT2D eigenvalue weighted by molar-refractivity contribution is 7.04. The van der Waals surface area contributed by atoms with E-state index >= 15 is 0 Å². The molecule has 2 aromatic heterocycles. The Bertz CT molecular complexity index is 1040. The molecule has 138 valence electrons. The first kappa shape index (κ1) is 17.3. The molecule has 3 aromatic rings. The molecule has 27 heavy (non-hydrogen) atoms. The van der Waals surface area contributed by atoms with Crippen LogP contribution in [0.1, 0.15) is 21.6 Å². The Kier molecular flexibility index (Phi) is 3.99. The van der Waals surface area contributed by atoms with Crippen molar-refractivity contribution >= 4 is 23.3 Å². The van der Waals surface area contributed by atoms with E-state index in [9.17, 15) is 13.6 Å². The van der Waals surface area contributed by atoms with Crippen LogP contribution in [0.2, 0.25) is 0 Å². The highest BCUT2D eigenvalue weighted by atomic mass is 32.1. The number of rotatable bonds is 3. The molecule has 0 spiro atoms. The smallest absolute Gasteiger partial charge is 0.395 e. The number of alkyl halides is 2. The Balaban J connectivity index is 1.57. The predicted octanol–water partition coefficient (Wildman–Crippen LogP) is 3.79. The van der Waals surface area contributed by atoms with Crippen LogP contribution >= 0.6 is 11.5 Å². The van der Waals surface area contributed by atoms with Gasteiger partial charge in [-0.3, -0.25) is 9.78 Å². The number of nitrogens with zero attached hydrogens (tertiary/aromatic N) is 3. The predicted molar refractivity (Wildman–Crippen MR) is 93.2 cm³/mol. The van der Waals surface area contributed by atoms with Crippen LogP contribution in [0.15, 0.2) is 29.9 Å². The molecule has 1 aliphatic rings. The molecule has 0 radical (unpaired) electrons. The van der Waals surface area contributed by atoms with E-state index in [-0.39, 0.29) is 23.2 Å². The van der Waals surface area contributed by atoms with E-state index in [0.29, 0.717) is 28.1 Å². The van der Waals surface area contributed by atoms with E-state index < -0.39 is 6.29 Å². The molecule has 4 rings (SSSR count). The third kappa shape index (κ3) is 3.31. The van der Waals surface area contributed by atoms with E-state index in [1.54, 1.807) is 19.2 Å². The lowest BCUT2D eigenvalue weighted by Gasteiger charge is -2.08. The van der Waals surface area contributed by atoms with Crippen LogP contribution in [0.3, 0.4) is 0 Å². The Morgan fingerprint density at radius 1 is 1.15 bits per heavy atom. The number of hydrogen-bond acceptors (Lipinski definition) is 7. The van der Waals surface area contributed by atoms with Crippen LogP contribution in [-0.4, -0.2) is 26.5 Å². The minimum atomic E-state index is -3.68. The second kappa shape index (κ2) is 6.23. The number of benzene rings is 1. The zero-order valence-corrected chi connectivity index (χ0v) is 14.9. The molecule has 7 nitrogen and oxygen atoms in total. The van der Waals surface area contributed by atoms with Gasteiger partial charge in [0, 0.05) is 10.9 Å². The maximum atomic E-state index is 13.2. The number of aromatic nitrogens is 3. The molecule has 0 aliphatic carbocycles. The Morgan fingerprint density at radius 3 is 2.52 bits per heavy atom. The van der Waals surface area contributed by atoms with Gasteiger partial charge in [0.15, 0.2) is 17.3 Å². The average Bonchev–Trinajstić information content (AvgIpc) is 3.16. The maximum Gasteiger partial charge on any atom is 0.586 e. The van der Waals surface area contributed by atoms with Gasteiger partial charge in [-0.25, -0.2) is 4.98 Å². The standard InChI is InChI=1S/C17H12F2N4O3S/c1-8-3-13-14(26-17(18,19)25-13)4-10(8)12-5-21-15(6-20-12)22-16(24)11-7-27-23-9(11)2/h3-7H,1-2H3,(H,21,22,24). The highest BCUT2D eigenvalue weighted by Crippen LogP contribution is 2.44. The molecule has 1 aromatic carbocycles. The number of anilines is 1. The number of carbonyl (C=O) groups is 1. The lowest BCUT2D eigenvalue weighted by Crippen LogP contribution is -2.25. The molecular formula is C17H12F2N4O3S. The number of aryl methyl sites for hydroxylation is 2. The molecule has 1 aliphatic heterocycles. The SMILES string of the molecule is Cc1cc2c(cc1-c1cnc(NC(=O)c3csnc3C)cn1)OC(F)(F)O2. The number of amides is 1. The van der Waals surface area contributed by atoms with Gasteiger partial charge in [0.2, 0.25) is 0 Å². The van der Waals surface area contributed by atoms with Crippen molar-refractivity contribution in [2.24, 2.45) is 0 Å². The van der Waals surface area contributed by atoms with Crippen molar-refractivity contribution in [3.8, 4) is 22.8 Å². The summed E-state index contributed by atoms with van der Waals surface area (Å²) in [5.41, 5.74) is 2.79. The zero-order valence-electron chi connectivity index (χ0n) is 14.1. The van der Waals surface area contributed by atoms with Crippen LogP contribution in [-0.2, 0) is 0 Å². The van der Waals surface area contributed by atoms with Crippen LogP contribution in [0.4, 0.5) is 14.6 Å². The monoisotopic (exact) mass is 390 g/mol. The number of halogens is 2. The molecular weight excluding hydrogens is 378 g/mol. The number of hydrogen-bond donors (Lipinski definition) is 1. The number of ether oxygens (including phenoxy) is 2. The van der Waals surface area contributed by atoms with E-state index in [1.807, 2.05) is 0 Å². The van der Waals surface area contributed by atoms with Gasteiger partial charge >= 0.3 is 6.29 Å². The van der Waals surface area contributed by atoms with Crippen molar-refractivity contribution < 1.29 is 23.0 Å². The molecule has 0 saturated heterocycles. The lowest BCUT2D eigenvalue weighted by atomic mass is 10.1. The second-order valence-electron chi connectivity index (χ2n) is 5.84. The average molecular weight is 390 g/mol. The first-order valence-electron chi connectivity index (χ1n) is 7.77. The number of nitrogens with one attached hydrogen (secondary N) is 1. The Labute approximate surface area is 156 Å². The maximum absolute atomic E-state index is 13.2. The summed E-state index contributed by atoms with van der Waals surface area (Å²) < 4.78 is 39.4. The number of carbonyl (C=O) groups excluding carboxylic acids is 1. The fourth-order valence-corrected chi connectivity index (χ4v) is 3.29. The van der Waals surface area contributed by atoms with Crippen LogP contribution in [0.25, 0.3) is 11.3 Å². The Morgan fingerprint density at radius 2 is 1.89 bits per heavy atom. The summed E-state index contributed by atoms with van der Waals surface area (Å²) in [7, 11) is 0. The van der Waals surface area contributed by atoms with Crippen LogP contribution in [0, 0.1) is 13.8 Å². The summed E-state index contributed by atoms with van der Waals surface area (Å²) in [6.45, 7) is 3.48. The summed E-state index contributed by atoms with van der Waals surface area (Å²) in [6.07, 6.45) is -0.847. The fourth-order valence-electron chi connectivity index (χ4n) is 2.60. The van der Waals surface area contributed by atoms with Gasteiger partial charge in [-0.1, -0.05) is 0 Å². The largest absolute Gasteiger partial charge is 0.586 e. The third-order valence-electron chi connectivity index (χ3n) is 3.91. The molecule has 0 atom stereocenters. The number of fused-ring (bicyclic) bond motifs is 1. The molecule has 0 saturated carbocycles. The van der Waals surface area contributed by atoms with Crippen LogP contribution in [0.5, 0.6) is 11.5 Å². The fraction of sp³-hybridized carbons (Fsp3) is 0.176. The van der Waals surface area contributed by atoms with Gasteiger partial charge in [0.05, 0.1) is 29.3 Å². The minimum absolute atomic E-state index is 0.0298. The molecule has 0 bridgehead atoms. The van der Waals surface area contributed by atoms with Crippen molar-refractivity contribution in [2.45, 2.75) is 20.1 Å². The lowest BCUT2D eigenvalue weighted by molar-refractivity contribution is -0.286. The van der Waals surface area contributed by atoms with Crippen molar-refractivity contribution in [2.75, 3.05) is 5.32 Å². The van der Waals surface area contributed by atoms with E-state index in [1.165, 1.54) is 36.1 Å². The molecule has 10 heteroatoms. The third-order valence-corrected chi connectivity index (χ3v) is 4.63. The van der Waals surface area contributed by atoms with Gasteiger partial charge in [-0.15, -0.1) is 8.78 Å². The van der Waals surface area contributed by atoms with E-state index in [4.69, 9.17) is 0 Å². The van der Waals surface area contributed by atoms with Crippen molar-refractivity contribution in [1.29, 1.82) is 0 Å². The van der Waals surface area contributed by atoms with Gasteiger partial charge < -0.3 is 14.8 Å². The van der Waals surface area contributed by atoms with E-state index in [2.05, 4.69) is 29.1 Å².